The number of nitrogens with zero attached hydrogens (tertiary/aromatic N) is 1. The Bertz CT molecular complexity index is 1080. The van der Waals surface area contributed by atoms with Crippen LogP contribution in [0.3, 0.4) is 0 Å². The molecule has 2 aromatic rings. The van der Waals surface area contributed by atoms with Gasteiger partial charge in [-0.3, -0.25) is 4.79 Å². The van der Waals surface area contributed by atoms with E-state index in [1.54, 1.807) is 6.92 Å². The number of cyclic esters (lactones) is 1. The van der Waals surface area contributed by atoms with Gasteiger partial charge in [-0.25, -0.2) is 14.5 Å². The van der Waals surface area contributed by atoms with Crippen molar-refractivity contribution < 1.29 is 28.6 Å². The minimum Gasteiger partial charge on any atom is -0.464 e. The Labute approximate surface area is 206 Å². The van der Waals surface area contributed by atoms with Gasteiger partial charge in [-0.1, -0.05) is 80.9 Å². The Balaban J connectivity index is 1.86. The standard InChI is InChI=1S/C28H33NO6/c1-6-33-26(31)28(21-10-8-7-9-11-21)19(5)23(24(35-28)20-14-12-18(4)13-15-20)25(30)29-22(17(2)3)16-34-27(29)32/h7-15,17,19,22-24H,6,16H2,1-5H3/t19-,22+,23-,24-,28+/m0/s1. The van der Waals surface area contributed by atoms with Crippen molar-refractivity contribution in [3.8, 4) is 0 Å². The van der Waals surface area contributed by atoms with Crippen LogP contribution in [0.15, 0.2) is 54.6 Å². The van der Waals surface area contributed by atoms with Crippen molar-refractivity contribution in [2.75, 3.05) is 13.2 Å². The number of carbonyl (C=O) groups excluding carboxylic acids is 3. The highest BCUT2D eigenvalue weighted by Gasteiger charge is 2.63. The second-order valence-electron chi connectivity index (χ2n) is 9.68. The fraction of sp³-hybridized carbons (Fsp3) is 0.464. The minimum absolute atomic E-state index is 0.0183. The van der Waals surface area contributed by atoms with Crippen LogP contribution in [-0.2, 0) is 29.4 Å². The molecular formula is C28H33NO6. The summed E-state index contributed by atoms with van der Waals surface area (Å²) < 4.78 is 17.4. The summed E-state index contributed by atoms with van der Waals surface area (Å²) in [5, 5.41) is 0. The van der Waals surface area contributed by atoms with Gasteiger partial charge >= 0.3 is 12.1 Å². The molecule has 2 heterocycles. The fourth-order valence-corrected chi connectivity index (χ4v) is 5.22. The number of hydrogen-bond donors (Lipinski definition) is 0. The Hall–Kier alpha value is -3.19. The number of imide groups is 1. The molecule has 35 heavy (non-hydrogen) atoms. The molecule has 0 bridgehead atoms. The predicted molar refractivity (Wildman–Crippen MR) is 129 cm³/mol. The molecule has 2 saturated heterocycles. The van der Waals surface area contributed by atoms with Gasteiger partial charge in [-0.2, -0.15) is 0 Å². The summed E-state index contributed by atoms with van der Waals surface area (Å²) in [7, 11) is 0. The number of hydrogen-bond acceptors (Lipinski definition) is 6. The molecule has 2 fully saturated rings. The first-order valence-electron chi connectivity index (χ1n) is 12.2. The van der Waals surface area contributed by atoms with Gasteiger partial charge in [0.1, 0.15) is 6.61 Å². The quantitative estimate of drug-likeness (QED) is 0.555. The Kier molecular flexibility index (Phi) is 6.99. The van der Waals surface area contributed by atoms with Crippen molar-refractivity contribution in [2.24, 2.45) is 17.8 Å². The lowest BCUT2D eigenvalue weighted by Crippen LogP contribution is -2.48. The molecule has 0 saturated carbocycles. The summed E-state index contributed by atoms with van der Waals surface area (Å²) in [6.45, 7) is 9.77. The molecule has 7 nitrogen and oxygen atoms in total. The summed E-state index contributed by atoms with van der Waals surface area (Å²) in [5.41, 5.74) is 0.925. The van der Waals surface area contributed by atoms with Crippen molar-refractivity contribution in [3.63, 3.8) is 0 Å². The smallest absolute Gasteiger partial charge is 0.416 e. The molecule has 2 aromatic carbocycles. The van der Waals surface area contributed by atoms with E-state index in [1.807, 2.05) is 82.3 Å². The molecular weight excluding hydrogens is 446 g/mol. The summed E-state index contributed by atoms with van der Waals surface area (Å²) in [5.74, 6) is -2.36. The average molecular weight is 480 g/mol. The molecule has 0 spiro atoms. The van der Waals surface area contributed by atoms with E-state index in [4.69, 9.17) is 14.2 Å². The molecule has 0 unspecified atom stereocenters. The number of benzene rings is 2. The van der Waals surface area contributed by atoms with Crippen molar-refractivity contribution in [1.29, 1.82) is 0 Å². The van der Waals surface area contributed by atoms with Crippen LogP contribution in [0.4, 0.5) is 4.79 Å². The molecule has 0 radical (unpaired) electrons. The van der Waals surface area contributed by atoms with Crippen LogP contribution in [0.25, 0.3) is 0 Å². The second kappa shape index (κ2) is 9.82. The molecule has 4 rings (SSSR count). The van der Waals surface area contributed by atoms with Gasteiger partial charge in [-0.05, 0) is 30.9 Å². The van der Waals surface area contributed by atoms with E-state index >= 15 is 0 Å². The summed E-state index contributed by atoms with van der Waals surface area (Å²) >= 11 is 0. The largest absolute Gasteiger partial charge is 0.464 e. The molecule has 0 aromatic heterocycles. The van der Waals surface area contributed by atoms with Crippen LogP contribution < -0.4 is 0 Å². The summed E-state index contributed by atoms with van der Waals surface area (Å²) in [6, 6.07) is 16.5. The van der Waals surface area contributed by atoms with Gasteiger partial charge in [0, 0.05) is 5.92 Å². The highest BCUT2D eigenvalue weighted by molar-refractivity contribution is 5.96. The van der Waals surface area contributed by atoms with Gasteiger partial charge in [0.2, 0.25) is 5.91 Å². The van der Waals surface area contributed by atoms with Gasteiger partial charge in [-0.15, -0.1) is 0 Å². The number of ether oxygens (including phenoxy) is 3. The number of amides is 2. The Morgan fingerprint density at radius 3 is 2.37 bits per heavy atom. The molecule has 0 aliphatic carbocycles. The Morgan fingerprint density at radius 1 is 1.11 bits per heavy atom. The molecule has 7 heteroatoms. The van der Waals surface area contributed by atoms with Gasteiger partial charge < -0.3 is 14.2 Å². The highest BCUT2D eigenvalue weighted by atomic mass is 16.6. The maximum atomic E-state index is 14.1. The normalized spacial score (nSPS) is 28.3. The zero-order valence-corrected chi connectivity index (χ0v) is 20.9. The SMILES string of the molecule is CCOC(=O)[C@@]1(c2ccccc2)O[C@@H](c2ccc(C)cc2)[C@@H](C(=O)N2C(=O)OC[C@@H]2C(C)C)[C@@H]1C. The fourth-order valence-electron chi connectivity index (χ4n) is 5.22. The lowest BCUT2D eigenvalue weighted by atomic mass is 9.75. The molecule has 186 valence electrons. The zero-order valence-electron chi connectivity index (χ0n) is 20.9. The van der Waals surface area contributed by atoms with E-state index in [-0.39, 0.29) is 25.2 Å². The molecule has 5 atom stereocenters. The third-order valence-electron chi connectivity index (χ3n) is 7.20. The Morgan fingerprint density at radius 2 is 1.77 bits per heavy atom. The molecule has 2 amide bonds. The third kappa shape index (κ3) is 4.22. The molecule has 2 aliphatic rings. The highest BCUT2D eigenvalue weighted by Crippen LogP contribution is 2.54. The number of esters is 1. The predicted octanol–water partition coefficient (Wildman–Crippen LogP) is 4.78. The van der Waals surface area contributed by atoms with Crippen molar-refractivity contribution in [2.45, 2.75) is 52.4 Å². The number of rotatable bonds is 6. The monoisotopic (exact) mass is 479 g/mol. The van der Waals surface area contributed by atoms with Gasteiger partial charge in [0.25, 0.3) is 0 Å². The van der Waals surface area contributed by atoms with Crippen LogP contribution in [0.5, 0.6) is 0 Å². The van der Waals surface area contributed by atoms with Crippen LogP contribution in [0, 0.1) is 24.7 Å². The van der Waals surface area contributed by atoms with E-state index < -0.39 is 41.5 Å². The van der Waals surface area contributed by atoms with E-state index in [0.717, 1.165) is 11.1 Å². The van der Waals surface area contributed by atoms with Gasteiger partial charge in [0.15, 0.2) is 5.60 Å². The number of carbonyl (C=O) groups is 3. The van der Waals surface area contributed by atoms with Crippen molar-refractivity contribution >= 4 is 18.0 Å². The number of aryl methyl sites for hydroxylation is 1. The van der Waals surface area contributed by atoms with Crippen LogP contribution in [0.1, 0.15) is 50.5 Å². The van der Waals surface area contributed by atoms with E-state index in [0.29, 0.717) is 5.56 Å². The van der Waals surface area contributed by atoms with Gasteiger partial charge in [0.05, 0.1) is 24.7 Å². The topological polar surface area (TPSA) is 82.1 Å². The lowest BCUT2D eigenvalue weighted by molar-refractivity contribution is -0.176. The van der Waals surface area contributed by atoms with E-state index in [2.05, 4.69) is 0 Å². The van der Waals surface area contributed by atoms with Crippen LogP contribution in [-0.4, -0.2) is 42.1 Å². The van der Waals surface area contributed by atoms with Crippen LogP contribution >= 0.6 is 0 Å². The maximum Gasteiger partial charge on any atom is 0.416 e. The zero-order chi connectivity index (χ0) is 25.3. The minimum atomic E-state index is -1.51. The van der Waals surface area contributed by atoms with Crippen molar-refractivity contribution in [1.82, 2.24) is 4.90 Å². The van der Waals surface area contributed by atoms with E-state index in [1.165, 1.54) is 4.90 Å². The summed E-state index contributed by atoms with van der Waals surface area (Å²) in [6.07, 6.45) is -1.42. The first kappa shape index (κ1) is 24.9. The molecule has 0 N–H and O–H groups in total. The average Bonchev–Trinajstić information content (AvgIpc) is 3.38. The first-order valence-corrected chi connectivity index (χ1v) is 12.2. The third-order valence-corrected chi connectivity index (χ3v) is 7.20. The van der Waals surface area contributed by atoms with Crippen LogP contribution in [0.2, 0.25) is 0 Å². The van der Waals surface area contributed by atoms with Crippen molar-refractivity contribution in [3.05, 3.63) is 71.3 Å². The summed E-state index contributed by atoms with van der Waals surface area (Å²) in [4.78, 5) is 41.6. The lowest BCUT2D eigenvalue weighted by Gasteiger charge is -2.32. The second-order valence-corrected chi connectivity index (χ2v) is 9.68. The molecule has 2 aliphatic heterocycles. The maximum absolute atomic E-state index is 14.1. The van der Waals surface area contributed by atoms with E-state index in [9.17, 15) is 14.4 Å². The first-order chi connectivity index (χ1) is 16.7.